The lowest BCUT2D eigenvalue weighted by atomic mass is 10.0. The van der Waals surface area contributed by atoms with Crippen LogP contribution in [0.25, 0.3) is 22.0 Å². The summed E-state index contributed by atoms with van der Waals surface area (Å²) >= 11 is 10.8. The molecule has 0 aliphatic rings. The van der Waals surface area contributed by atoms with Gasteiger partial charge in [-0.05, 0) is 48.0 Å². The zero-order valence-corrected chi connectivity index (χ0v) is 18.8. The van der Waals surface area contributed by atoms with E-state index in [9.17, 15) is 9.59 Å². The zero-order valence-electron chi connectivity index (χ0n) is 15.6. The minimum atomic E-state index is -0.231. The predicted molar refractivity (Wildman–Crippen MR) is 129 cm³/mol. The molecule has 0 aliphatic heterocycles. The molecule has 0 bridgehead atoms. The molecule has 3 aromatic carbocycles. The molecule has 0 spiro atoms. The maximum absolute atomic E-state index is 12.9. The molecule has 0 radical (unpaired) electrons. The fourth-order valence-corrected chi connectivity index (χ4v) is 4.48. The second kappa shape index (κ2) is 9.08. The molecule has 150 valence electrons. The van der Waals surface area contributed by atoms with Crippen molar-refractivity contribution in [3.8, 4) is 11.1 Å². The summed E-state index contributed by atoms with van der Waals surface area (Å²) in [6.45, 7) is 0. The van der Waals surface area contributed by atoms with Crippen molar-refractivity contribution in [2.24, 2.45) is 0 Å². The van der Waals surface area contributed by atoms with Gasteiger partial charge in [0.25, 0.3) is 5.56 Å². The maximum Gasteiger partial charge on any atom is 0.262 e. The lowest BCUT2D eigenvalue weighted by Crippen LogP contribution is -2.16. The summed E-state index contributed by atoms with van der Waals surface area (Å²) in [4.78, 5) is 28.7. The number of aromatic nitrogens is 1. The molecule has 2 N–H and O–H groups in total. The number of pyridine rings is 1. The molecule has 30 heavy (non-hydrogen) atoms. The van der Waals surface area contributed by atoms with Crippen molar-refractivity contribution in [2.75, 3.05) is 11.1 Å². The topological polar surface area (TPSA) is 62.0 Å². The van der Waals surface area contributed by atoms with Crippen LogP contribution in [0.4, 0.5) is 5.69 Å². The first-order valence-corrected chi connectivity index (χ1v) is 11.3. The van der Waals surface area contributed by atoms with Gasteiger partial charge in [0.1, 0.15) is 0 Å². The minimum Gasteiger partial charge on any atom is -0.325 e. The van der Waals surface area contributed by atoms with E-state index in [1.165, 1.54) is 11.8 Å². The van der Waals surface area contributed by atoms with Crippen LogP contribution in [0.5, 0.6) is 0 Å². The molecule has 4 aromatic rings. The smallest absolute Gasteiger partial charge is 0.262 e. The highest BCUT2D eigenvalue weighted by Crippen LogP contribution is 2.35. The van der Waals surface area contributed by atoms with E-state index in [1.54, 1.807) is 12.1 Å². The number of hydrogen-bond donors (Lipinski definition) is 2. The Hall–Kier alpha value is -2.54. The van der Waals surface area contributed by atoms with Gasteiger partial charge < -0.3 is 10.3 Å². The number of aromatic amines is 1. The molecule has 0 aliphatic carbocycles. The Kier molecular flexibility index (Phi) is 6.27. The zero-order chi connectivity index (χ0) is 21.1. The number of nitrogens with one attached hydrogen (secondary N) is 2. The number of anilines is 1. The van der Waals surface area contributed by atoms with Gasteiger partial charge >= 0.3 is 0 Å². The van der Waals surface area contributed by atoms with Crippen molar-refractivity contribution >= 4 is 61.8 Å². The average Bonchev–Trinajstić information content (AvgIpc) is 2.74. The van der Waals surface area contributed by atoms with Crippen molar-refractivity contribution in [3.63, 3.8) is 0 Å². The summed E-state index contributed by atoms with van der Waals surface area (Å²) in [6.07, 6.45) is 0. The third-order valence-electron chi connectivity index (χ3n) is 4.47. The van der Waals surface area contributed by atoms with Gasteiger partial charge in [0, 0.05) is 31.6 Å². The summed E-state index contributed by atoms with van der Waals surface area (Å²) in [5.41, 5.74) is 2.84. The minimum absolute atomic E-state index is 0.102. The van der Waals surface area contributed by atoms with Crippen molar-refractivity contribution in [3.05, 3.63) is 92.6 Å². The number of carbonyl (C=O) groups excluding carboxylic acids is 1. The van der Waals surface area contributed by atoms with Crippen molar-refractivity contribution in [1.29, 1.82) is 0 Å². The Balaban J connectivity index is 1.69. The normalized spacial score (nSPS) is 10.9. The van der Waals surface area contributed by atoms with E-state index >= 15 is 0 Å². The molecular weight excluding hydrogens is 484 g/mol. The molecule has 0 saturated carbocycles. The number of halogens is 2. The SMILES string of the molecule is O=C(CSc1c(-c2ccccc2)c2cc(Cl)ccc2[nH]c1=O)Nc1ccc(Br)cc1. The summed E-state index contributed by atoms with van der Waals surface area (Å²) in [7, 11) is 0. The van der Waals surface area contributed by atoms with Crippen LogP contribution in [-0.2, 0) is 4.79 Å². The maximum atomic E-state index is 12.9. The highest BCUT2D eigenvalue weighted by atomic mass is 79.9. The molecule has 1 aromatic heterocycles. The van der Waals surface area contributed by atoms with Crippen LogP contribution in [0.3, 0.4) is 0 Å². The molecule has 1 amide bonds. The summed E-state index contributed by atoms with van der Waals surface area (Å²) < 4.78 is 0.934. The molecule has 0 atom stereocenters. The van der Waals surface area contributed by atoms with Gasteiger partial charge in [0.2, 0.25) is 5.91 Å². The Morgan fingerprint density at radius 3 is 2.50 bits per heavy atom. The van der Waals surface area contributed by atoms with Crippen LogP contribution in [-0.4, -0.2) is 16.6 Å². The number of H-pyrrole nitrogens is 1. The Labute approximate surface area is 190 Å². The van der Waals surface area contributed by atoms with Crippen molar-refractivity contribution in [1.82, 2.24) is 4.98 Å². The lowest BCUT2D eigenvalue weighted by molar-refractivity contribution is -0.113. The van der Waals surface area contributed by atoms with Gasteiger partial charge in [0.15, 0.2) is 0 Å². The van der Waals surface area contributed by atoms with E-state index in [0.29, 0.717) is 21.1 Å². The number of carbonyl (C=O) groups is 1. The Morgan fingerprint density at radius 2 is 1.77 bits per heavy atom. The third-order valence-corrected chi connectivity index (χ3v) is 6.32. The number of thioether (sulfide) groups is 1. The van der Waals surface area contributed by atoms with Crippen LogP contribution in [0.1, 0.15) is 0 Å². The Morgan fingerprint density at radius 1 is 1.03 bits per heavy atom. The van der Waals surface area contributed by atoms with Crippen LogP contribution < -0.4 is 10.9 Å². The van der Waals surface area contributed by atoms with E-state index in [0.717, 1.165) is 21.0 Å². The van der Waals surface area contributed by atoms with E-state index in [2.05, 4.69) is 26.2 Å². The number of fused-ring (bicyclic) bond motifs is 1. The van der Waals surface area contributed by atoms with Crippen LogP contribution >= 0.6 is 39.3 Å². The van der Waals surface area contributed by atoms with E-state index in [4.69, 9.17) is 11.6 Å². The largest absolute Gasteiger partial charge is 0.325 e. The number of benzene rings is 3. The molecule has 4 nitrogen and oxygen atoms in total. The van der Waals surface area contributed by atoms with Crippen LogP contribution in [0, 0.1) is 0 Å². The molecule has 0 fully saturated rings. The van der Waals surface area contributed by atoms with Gasteiger partial charge in [-0.3, -0.25) is 9.59 Å². The van der Waals surface area contributed by atoms with Crippen molar-refractivity contribution in [2.45, 2.75) is 4.90 Å². The number of rotatable bonds is 5. The van der Waals surface area contributed by atoms with Gasteiger partial charge in [-0.2, -0.15) is 0 Å². The summed E-state index contributed by atoms with van der Waals surface area (Å²) in [6, 6.07) is 22.4. The lowest BCUT2D eigenvalue weighted by Gasteiger charge is -2.13. The fourth-order valence-electron chi connectivity index (χ4n) is 3.14. The molecular formula is C23H16BrClN2O2S. The summed E-state index contributed by atoms with van der Waals surface area (Å²) in [5, 5.41) is 4.27. The first-order valence-electron chi connectivity index (χ1n) is 9.10. The Bertz CT molecular complexity index is 1270. The number of amides is 1. The van der Waals surface area contributed by atoms with Gasteiger partial charge in [-0.15, -0.1) is 11.8 Å². The quantitative estimate of drug-likeness (QED) is 0.315. The third kappa shape index (κ3) is 4.61. The summed E-state index contributed by atoms with van der Waals surface area (Å²) in [5.74, 6) is -0.0858. The second-order valence-electron chi connectivity index (χ2n) is 6.56. The molecule has 7 heteroatoms. The van der Waals surface area contributed by atoms with Crippen LogP contribution in [0.2, 0.25) is 5.02 Å². The van der Waals surface area contributed by atoms with Crippen LogP contribution in [0.15, 0.2) is 87.0 Å². The second-order valence-corrected chi connectivity index (χ2v) is 8.90. The highest BCUT2D eigenvalue weighted by Gasteiger charge is 2.17. The average molecular weight is 500 g/mol. The van der Waals surface area contributed by atoms with Gasteiger partial charge in [-0.1, -0.05) is 57.9 Å². The van der Waals surface area contributed by atoms with E-state index in [-0.39, 0.29) is 17.2 Å². The van der Waals surface area contributed by atoms with Crippen molar-refractivity contribution < 1.29 is 4.79 Å². The number of hydrogen-bond acceptors (Lipinski definition) is 3. The molecule has 0 unspecified atom stereocenters. The predicted octanol–water partition coefficient (Wildman–Crippen LogP) is 6.34. The standard InChI is InChI=1S/C23H16BrClN2O2S/c24-15-6-9-17(10-7-15)26-20(28)13-30-22-21(14-4-2-1-3-5-14)18-12-16(25)8-11-19(18)27-23(22)29/h1-12H,13H2,(H,26,28)(H,27,29). The fraction of sp³-hybridized carbons (Fsp3) is 0.0435. The molecule has 0 saturated heterocycles. The van der Waals surface area contributed by atoms with Gasteiger partial charge in [-0.25, -0.2) is 0 Å². The van der Waals surface area contributed by atoms with E-state index in [1.807, 2.05) is 60.7 Å². The monoisotopic (exact) mass is 498 g/mol. The molecule has 1 heterocycles. The molecule has 4 rings (SSSR count). The highest BCUT2D eigenvalue weighted by molar-refractivity contribution is 9.10. The first-order chi connectivity index (χ1) is 14.5. The first kappa shape index (κ1) is 20.7. The van der Waals surface area contributed by atoms with Gasteiger partial charge in [0.05, 0.1) is 10.6 Å². The van der Waals surface area contributed by atoms with E-state index < -0.39 is 0 Å².